The molecular formula is C21H24FN7O2. The fourth-order valence-electron chi connectivity index (χ4n) is 3.49. The third kappa shape index (κ3) is 5.33. The SMILES string of the molecule is O=C(CCc1nnc2ccc(NCCCN3CCCC3=O)nn12)Nc1ccc(F)cc1. The van der Waals surface area contributed by atoms with Crippen LogP contribution in [0.2, 0.25) is 0 Å². The number of rotatable bonds is 9. The van der Waals surface area contributed by atoms with Crippen molar-refractivity contribution in [3.63, 3.8) is 0 Å². The van der Waals surface area contributed by atoms with Crippen LogP contribution in [0.3, 0.4) is 0 Å². The maximum Gasteiger partial charge on any atom is 0.224 e. The van der Waals surface area contributed by atoms with Gasteiger partial charge in [0.1, 0.15) is 11.6 Å². The Morgan fingerprint density at radius 2 is 1.97 bits per heavy atom. The van der Waals surface area contributed by atoms with E-state index < -0.39 is 0 Å². The second-order valence-corrected chi connectivity index (χ2v) is 7.42. The second kappa shape index (κ2) is 9.50. The maximum absolute atomic E-state index is 13.0. The van der Waals surface area contributed by atoms with E-state index in [4.69, 9.17) is 0 Å². The Labute approximate surface area is 178 Å². The highest BCUT2D eigenvalue weighted by atomic mass is 19.1. The van der Waals surface area contributed by atoms with Gasteiger partial charge >= 0.3 is 0 Å². The predicted octanol–water partition coefficient (Wildman–Crippen LogP) is 2.26. The summed E-state index contributed by atoms with van der Waals surface area (Å²) in [5.41, 5.74) is 1.14. The van der Waals surface area contributed by atoms with Crippen LogP contribution >= 0.6 is 0 Å². The number of halogens is 1. The molecule has 0 unspecified atom stereocenters. The second-order valence-electron chi connectivity index (χ2n) is 7.42. The number of carbonyl (C=O) groups is 2. The van der Waals surface area contributed by atoms with E-state index in [0.29, 0.717) is 42.4 Å². The molecule has 1 saturated heterocycles. The summed E-state index contributed by atoms with van der Waals surface area (Å²) in [5, 5.41) is 18.7. The molecule has 9 nitrogen and oxygen atoms in total. The van der Waals surface area contributed by atoms with Gasteiger partial charge in [-0.25, -0.2) is 4.39 Å². The average molecular weight is 425 g/mol. The van der Waals surface area contributed by atoms with Crippen LogP contribution in [-0.2, 0) is 16.0 Å². The third-order valence-corrected chi connectivity index (χ3v) is 5.11. The van der Waals surface area contributed by atoms with Crippen molar-refractivity contribution in [2.45, 2.75) is 32.1 Å². The van der Waals surface area contributed by atoms with Gasteiger partial charge in [-0.05, 0) is 49.2 Å². The third-order valence-electron chi connectivity index (χ3n) is 5.11. The summed E-state index contributed by atoms with van der Waals surface area (Å²) in [6.45, 7) is 2.29. The molecule has 0 bridgehead atoms. The number of aromatic nitrogens is 4. The Morgan fingerprint density at radius 3 is 2.74 bits per heavy atom. The molecule has 31 heavy (non-hydrogen) atoms. The predicted molar refractivity (Wildman–Crippen MR) is 113 cm³/mol. The van der Waals surface area contributed by atoms with Crippen molar-refractivity contribution < 1.29 is 14.0 Å². The topological polar surface area (TPSA) is 105 Å². The largest absolute Gasteiger partial charge is 0.369 e. The molecule has 1 aromatic carbocycles. The van der Waals surface area contributed by atoms with Crippen molar-refractivity contribution in [3.05, 3.63) is 48.0 Å². The van der Waals surface area contributed by atoms with E-state index in [1.165, 1.54) is 24.3 Å². The summed E-state index contributed by atoms with van der Waals surface area (Å²) in [6, 6.07) is 9.26. The molecule has 3 heterocycles. The van der Waals surface area contributed by atoms with Crippen molar-refractivity contribution in [2.75, 3.05) is 30.3 Å². The summed E-state index contributed by atoms with van der Waals surface area (Å²) in [6.07, 6.45) is 3.00. The van der Waals surface area contributed by atoms with Crippen LogP contribution < -0.4 is 10.6 Å². The van der Waals surface area contributed by atoms with Gasteiger partial charge in [0.15, 0.2) is 11.5 Å². The number of hydrogen-bond acceptors (Lipinski definition) is 6. The summed E-state index contributed by atoms with van der Waals surface area (Å²) in [4.78, 5) is 25.7. The van der Waals surface area contributed by atoms with Gasteiger partial charge in [-0.3, -0.25) is 9.59 Å². The highest BCUT2D eigenvalue weighted by Gasteiger charge is 2.19. The lowest BCUT2D eigenvalue weighted by Crippen LogP contribution is -2.27. The first kappa shape index (κ1) is 20.7. The molecule has 2 N–H and O–H groups in total. The maximum atomic E-state index is 13.0. The molecule has 3 aromatic rings. The number of carbonyl (C=O) groups excluding carboxylic acids is 2. The number of likely N-dealkylation sites (tertiary alicyclic amines) is 1. The number of benzene rings is 1. The number of anilines is 2. The number of nitrogens with one attached hydrogen (secondary N) is 2. The molecule has 0 aliphatic carbocycles. The fourth-order valence-corrected chi connectivity index (χ4v) is 3.49. The molecule has 0 spiro atoms. The Bertz CT molecular complexity index is 1070. The van der Waals surface area contributed by atoms with Gasteiger partial charge in [0.2, 0.25) is 11.8 Å². The number of hydrogen-bond donors (Lipinski definition) is 2. The Balaban J connectivity index is 1.29. The first-order valence-electron chi connectivity index (χ1n) is 10.4. The zero-order valence-electron chi connectivity index (χ0n) is 17.1. The van der Waals surface area contributed by atoms with Crippen molar-refractivity contribution in [1.29, 1.82) is 0 Å². The molecule has 1 aliphatic rings. The van der Waals surface area contributed by atoms with Crippen LogP contribution in [0, 0.1) is 5.82 Å². The molecule has 0 radical (unpaired) electrons. The zero-order chi connectivity index (χ0) is 21.6. The van der Waals surface area contributed by atoms with E-state index >= 15 is 0 Å². The minimum atomic E-state index is -0.354. The van der Waals surface area contributed by atoms with Gasteiger partial charge in [-0.1, -0.05) is 0 Å². The molecule has 4 rings (SSSR count). The number of aryl methyl sites for hydroxylation is 1. The first-order chi connectivity index (χ1) is 15.1. The number of nitrogens with zero attached hydrogens (tertiary/aromatic N) is 5. The van der Waals surface area contributed by atoms with Crippen LogP contribution in [0.1, 0.15) is 31.5 Å². The van der Waals surface area contributed by atoms with E-state index in [1.54, 1.807) is 4.52 Å². The average Bonchev–Trinajstić information content (AvgIpc) is 3.37. The molecule has 1 fully saturated rings. The number of amides is 2. The normalized spacial score (nSPS) is 13.7. The van der Waals surface area contributed by atoms with Crippen molar-refractivity contribution in [1.82, 2.24) is 24.7 Å². The van der Waals surface area contributed by atoms with Crippen LogP contribution in [0.25, 0.3) is 5.65 Å². The standard InChI is InChI=1S/C21H24FN7O2/c22-15-4-6-16(7-5-15)24-20(30)11-10-19-26-25-18-9-8-17(27-29(18)19)23-12-2-14-28-13-1-3-21(28)31/h4-9H,1-3,10-14H2,(H,23,27)(H,24,30). The minimum absolute atomic E-state index is 0.196. The molecular weight excluding hydrogens is 401 g/mol. The van der Waals surface area contributed by atoms with Gasteiger partial charge in [0, 0.05) is 44.6 Å². The van der Waals surface area contributed by atoms with Crippen LogP contribution in [0.15, 0.2) is 36.4 Å². The molecule has 0 saturated carbocycles. The first-order valence-corrected chi connectivity index (χ1v) is 10.4. The smallest absolute Gasteiger partial charge is 0.224 e. The summed E-state index contributed by atoms with van der Waals surface area (Å²) in [5.74, 6) is 0.937. The van der Waals surface area contributed by atoms with Crippen molar-refractivity contribution in [3.8, 4) is 0 Å². The summed E-state index contributed by atoms with van der Waals surface area (Å²) in [7, 11) is 0. The molecule has 162 valence electrons. The fraction of sp³-hybridized carbons (Fsp3) is 0.381. The van der Waals surface area contributed by atoms with E-state index in [9.17, 15) is 14.0 Å². The van der Waals surface area contributed by atoms with Gasteiger partial charge in [0.05, 0.1) is 0 Å². The lowest BCUT2D eigenvalue weighted by Gasteiger charge is -2.15. The van der Waals surface area contributed by atoms with Crippen molar-refractivity contribution in [2.24, 2.45) is 0 Å². The van der Waals surface area contributed by atoms with E-state index in [1.807, 2.05) is 17.0 Å². The monoisotopic (exact) mass is 425 g/mol. The minimum Gasteiger partial charge on any atom is -0.369 e. The molecule has 0 atom stereocenters. The number of fused-ring (bicyclic) bond motifs is 1. The Kier molecular flexibility index (Phi) is 6.34. The van der Waals surface area contributed by atoms with Gasteiger partial charge in [-0.2, -0.15) is 4.52 Å². The van der Waals surface area contributed by atoms with Gasteiger partial charge in [0.25, 0.3) is 0 Å². The lowest BCUT2D eigenvalue weighted by atomic mass is 10.2. The quantitative estimate of drug-likeness (QED) is 0.510. The van der Waals surface area contributed by atoms with E-state index in [-0.39, 0.29) is 24.1 Å². The van der Waals surface area contributed by atoms with Crippen LogP contribution in [0.4, 0.5) is 15.9 Å². The molecule has 2 amide bonds. The summed E-state index contributed by atoms with van der Waals surface area (Å²) >= 11 is 0. The zero-order valence-corrected chi connectivity index (χ0v) is 17.1. The van der Waals surface area contributed by atoms with Crippen LogP contribution in [0.5, 0.6) is 0 Å². The lowest BCUT2D eigenvalue weighted by molar-refractivity contribution is -0.127. The summed E-state index contributed by atoms with van der Waals surface area (Å²) < 4.78 is 14.6. The van der Waals surface area contributed by atoms with E-state index in [0.717, 1.165) is 25.9 Å². The highest BCUT2D eigenvalue weighted by Crippen LogP contribution is 2.12. The van der Waals surface area contributed by atoms with Gasteiger partial charge in [-0.15, -0.1) is 15.3 Å². The molecule has 1 aliphatic heterocycles. The van der Waals surface area contributed by atoms with E-state index in [2.05, 4.69) is 25.9 Å². The van der Waals surface area contributed by atoms with Crippen LogP contribution in [-0.4, -0.2) is 56.2 Å². The molecule has 10 heteroatoms. The highest BCUT2D eigenvalue weighted by molar-refractivity contribution is 5.90. The Hall–Kier alpha value is -3.56. The Morgan fingerprint density at radius 1 is 1.13 bits per heavy atom. The van der Waals surface area contributed by atoms with Gasteiger partial charge < -0.3 is 15.5 Å². The molecule has 2 aromatic heterocycles. The van der Waals surface area contributed by atoms with Crippen molar-refractivity contribution >= 4 is 29.0 Å².